The molecule has 0 saturated heterocycles. The molecule has 4 heterocycles. The number of ether oxygens (including phenoxy) is 3. The molecule has 0 saturated carbocycles. The molecule has 21 heteroatoms. The minimum atomic E-state index is -3.92. The molecule has 1 aliphatic heterocycles. The van der Waals surface area contributed by atoms with Crippen LogP contribution >= 0.6 is 22.9 Å². The number of aliphatic imine (C=N–C) groups is 1. The maximum absolute atomic E-state index is 13.8. The Kier molecular flexibility index (Phi) is 16.1. The van der Waals surface area contributed by atoms with Crippen molar-refractivity contribution in [3.05, 3.63) is 139 Å². The van der Waals surface area contributed by atoms with Crippen molar-refractivity contribution in [3.8, 4) is 16.5 Å². The number of carboxylic acid groups (broad SMARTS) is 1. The van der Waals surface area contributed by atoms with Crippen LogP contribution in [0.2, 0.25) is 5.02 Å². The number of esters is 1. The third-order valence-corrected chi connectivity index (χ3v) is 16.3. The highest BCUT2D eigenvalue weighted by Gasteiger charge is 2.34. The van der Waals surface area contributed by atoms with E-state index in [1.165, 1.54) is 49.0 Å². The maximum atomic E-state index is 13.8. The number of benzene rings is 4. The molecule has 3 aromatic heterocycles. The van der Waals surface area contributed by atoms with Crippen molar-refractivity contribution in [1.82, 2.24) is 39.4 Å². The Balaban J connectivity index is 0.836. The van der Waals surface area contributed by atoms with Crippen LogP contribution in [0.15, 0.2) is 88.8 Å². The van der Waals surface area contributed by atoms with Gasteiger partial charge in [-0.05, 0) is 110 Å². The van der Waals surface area contributed by atoms with Crippen molar-refractivity contribution in [3.63, 3.8) is 0 Å². The number of aliphatic carboxylic acids is 1. The summed E-state index contributed by atoms with van der Waals surface area (Å²) in [5.74, 6) is -0.0658. The summed E-state index contributed by atoms with van der Waals surface area (Å²) in [6.07, 6.45) is 2.96. The Labute approximate surface area is 432 Å². The van der Waals surface area contributed by atoms with E-state index in [0.29, 0.717) is 74.1 Å². The van der Waals surface area contributed by atoms with Gasteiger partial charge in [-0.3, -0.25) is 23.9 Å². The molecule has 0 fully saturated rings. The highest BCUT2D eigenvalue weighted by Crippen LogP contribution is 2.41. The number of nitrogens with zero attached hydrogens (tertiary/aromatic N) is 8. The van der Waals surface area contributed by atoms with Gasteiger partial charge in [0.1, 0.15) is 39.4 Å². The summed E-state index contributed by atoms with van der Waals surface area (Å²) in [7, 11) is 2.23. The van der Waals surface area contributed by atoms with Gasteiger partial charge in [0.15, 0.2) is 5.82 Å². The molecule has 18 nitrogen and oxygen atoms in total. The van der Waals surface area contributed by atoms with Gasteiger partial charge in [-0.15, -0.1) is 26.6 Å². The van der Waals surface area contributed by atoms with E-state index in [0.717, 1.165) is 58.5 Å². The lowest BCUT2D eigenvalue weighted by Gasteiger charge is -2.22. The first-order chi connectivity index (χ1) is 35.0. The number of sulfonamides is 1. The van der Waals surface area contributed by atoms with Gasteiger partial charge in [-0.25, -0.2) is 13.1 Å². The van der Waals surface area contributed by atoms with Crippen LogP contribution < -0.4 is 14.8 Å². The molecule has 0 radical (unpaired) electrons. The van der Waals surface area contributed by atoms with Crippen molar-refractivity contribution in [2.24, 2.45) is 12.0 Å². The molecule has 0 spiro atoms. The first kappa shape index (κ1) is 52.3. The molecule has 1 amide bonds. The highest BCUT2D eigenvalue weighted by molar-refractivity contribution is 7.89. The molecule has 0 aliphatic carbocycles. The predicted octanol–water partition coefficient (Wildman–Crippen LogP) is 8.45. The average molecular weight is 1050 g/mol. The number of halogens is 1. The van der Waals surface area contributed by atoms with Gasteiger partial charge in [0.2, 0.25) is 10.0 Å². The van der Waals surface area contributed by atoms with E-state index in [1.807, 2.05) is 61.7 Å². The van der Waals surface area contributed by atoms with Gasteiger partial charge in [-0.1, -0.05) is 60.0 Å². The van der Waals surface area contributed by atoms with Crippen molar-refractivity contribution >= 4 is 67.6 Å². The number of thiophene rings is 1. The van der Waals surface area contributed by atoms with Gasteiger partial charge < -0.3 is 24.6 Å². The second-order valence-electron chi connectivity index (χ2n) is 17.8. The molecule has 2 atom stereocenters. The quantitative estimate of drug-likeness (QED) is 0.0510. The summed E-state index contributed by atoms with van der Waals surface area (Å²) in [4.78, 5) is 44.1. The van der Waals surface area contributed by atoms with Crippen molar-refractivity contribution < 1.29 is 42.1 Å². The molecular weight excluding hydrogens is 994 g/mol. The number of aromatic nitrogens is 6. The van der Waals surface area contributed by atoms with Crippen molar-refractivity contribution in [1.29, 1.82) is 0 Å². The second kappa shape index (κ2) is 22.4. The van der Waals surface area contributed by atoms with E-state index < -0.39 is 33.9 Å². The van der Waals surface area contributed by atoms with Crippen LogP contribution in [0.3, 0.4) is 0 Å². The first-order valence-corrected chi connectivity index (χ1v) is 26.2. The smallest absolute Gasteiger partial charge is 0.308 e. The molecule has 7 aromatic rings. The van der Waals surface area contributed by atoms with E-state index in [2.05, 4.69) is 25.8 Å². The van der Waals surface area contributed by atoms with E-state index in [9.17, 15) is 27.9 Å². The lowest BCUT2D eigenvalue weighted by Crippen LogP contribution is -2.27. The summed E-state index contributed by atoms with van der Waals surface area (Å²) < 4.78 is 49.0. The van der Waals surface area contributed by atoms with Gasteiger partial charge in [0.05, 0.1) is 49.2 Å². The fraction of sp³-hybridized carbons (Fsp3) is 0.346. The molecule has 0 bridgehead atoms. The zero-order chi connectivity index (χ0) is 52.1. The van der Waals surface area contributed by atoms with Gasteiger partial charge in [0, 0.05) is 49.3 Å². The molecule has 4 aromatic carbocycles. The number of amides is 1. The summed E-state index contributed by atoms with van der Waals surface area (Å²) in [5, 5.41) is 31.4. The Bertz CT molecular complexity index is 3330. The van der Waals surface area contributed by atoms with Crippen LogP contribution in [-0.4, -0.2) is 106 Å². The van der Waals surface area contributed by atoms with Crippen LogP contribution in [-0.2, 0) is 37.9 Å². The van der Waals surface area contributed by atoms with E-state index in [4.69, 9.17) is 30.8 Å². The minimum Gasteiger partial charge on any atom is -0.494 e. The molecular formula is C52H56ClN9O9S2. The molecule has 1 unspecified atom stereocenters. The SMILES string of the molecule is COC(=O)C[C@@H]1N=C(c2ccc(Cl)cc2)c2c(sc(C(=O)NCCCCCCOc3ccc(S(=O)(=O)N(C)Cc4cc(C(CC(=O)O)c5cc(OC)c6c(c5)nnn6C)ccc4C)cc3)c2C)-n2c(C)nnc21. The molecule has 382 valence electrons. The number of hydrogen-bond acceptors (Lipinski definition) is 14. The standard InChI is InChI=1S/C52H56ClN9O9S2/c1-30-12-13-34(40(27-44(63)64)35-25-41-48(43(26-35)69-6)61(5)59-57-41)24-36(30)29-60(4)73(67,68)39-20-18-38(19-21-39)71-23-11-9-8-10-22-54-51(66)49-31(2)46-47(33-14-16-37(53)17-15-33)55-42(28-45(65)70-7)50-58-56-32(3)62(50)52(46)72-49/h12-21,24-26,40,42H,8-11,22-23,27-29H2,1-7H3,(H,54,66)(H,63,64)/t40?,42-/m0/s1. The molecule has 73 heavy (non-hydrogen) atoms. The number of nitrogens with one attached hydrogen (secondary N) is 1. The number of hydrogen-bond donors (Lipinski definition) is 2. The number of rotatable bonds is 21. The molecule has 2 N–H and O–H groups in total. The summed E-state index contributed by atoms with van der Waals surface area (Å²) >= 11 is 7.58. The van der Waals surface area contributed by atoms with Crippen LogP contribution in [0, 0.1) is 20.8 Å². The number of unbranched alkanes of at least 4 members (excludes halogenated alkanes) is 3. The van der Waals surface area contributed by atoms with Gasteiger partial charge in [0.25, 0.3) is 5.91 Å². The largest absolute Gasteiger partial charge is 0.494 e. The molecule has 1 aliphatic rings. The monoisotopic (exact) mass is 1050 g/mol. The first-order valence-electron chi connectivity index (χ1n) is 23.6. The van der Waals surface area contributed by atoms with Crippen LogP contribution in [0.1, 0.15) is 111 Å². The fourth-order valence-corrected chi connectivity index (χ4v) is 11.5. The van der Waals surface area contributed by atoms with Crippen molar-refractivity contribution in [2.75, 3.05) is 34.4 Å². The van der Waals surface area contributed by atoms with Gasteiger partial charge >= 0.3 is 11.9 Å². The number of aryl methyl sites for hydroxylation is 3. The lowest BCUT2D eigenvalue weighted by atomic mass is 9.86. The van der Waals surface area contributed by atoms with E-state index in [1.54, 1.807) is 42.1 Å². The number of carboxylic acids is 1. The number of fused-ring (bicyclic) bond motifs is 4. The fourth-order valence-electron chi connectivity index (χ4n) is 8.96. The zero-order valence-electron chi connectivity index (χ0n) is 41.5. The minimum absolute atomic E-state index is 0.0405. The number of methoxy groups -OCH3 is 2. The maximum Gasteiger partial charge on any atom is 0.308 e. The van der Waals surface area contributed by atoms with Crippen LogP contribution in [0.25, 0.3) is 16.0 Å². The third-order valence-electron chi connectivity index (χ3n) is 12.9. The lowest BCUT2D eigenvalue weighted by molar-refractivity contribution is -0.141. The molecule has 8 rings (SSSR count). The Hall–Kier alpha value is -7.00. The Morgan fingerprint density at radius 3 is 2.37 bits per heavy atom. The zero-order valence-corrected chi connectivity index (χ0v) is 43.9. The summed E-state index contributed by atoms with van der Waals surface area (Å²) in [6, 6.07) is 22.2. The summed E-state index contributed by atoms with van der Waals surface area (Å²) in [6.45, 7) is 6.56. The number of carbonyl (C=O) groups is 3. The normalized spacial score (nSPS) is 13.8. The topological polar surface area (TPSA) is 222 Å². The van der Waals surface area contributed by atoms with Crippen LogP contribution in [0.5, 0.6) is 11.5 Å². The predicted molar refractivity (Wildman–Crippen MR) is 277 cm³/mol. The van der Waals surface area contributed by atoms with E-state index >= 15 is 0 Å². The summed E-state index contributed by atoms with van der Waals surface area (Å²) in [5.41, 5.74) is 7.13. The van der Waals surface area contributed by atoms with Crippen molar-refractivity contribution in [2.45, 2.75) is 82.7 Å². The van der Waals surface area contributed by atoms with Gasteiger partial charge in [-0.2, -0.15) is 4.31 Å². The number of carbonyl (C=O) groups excluding carboxylic acids is 2. The average Bonchev–Trinajstić information content (AvgIpc) is 4.03. The van der Waals surface area contributed by atoms with E-state index in [-0.39, 0.29) is 30.2 Å². The Morgan fingerprint density at radius 1 is 0.918 bits per heavy atom. The van der Waals surface area contributed by atoms with Crippen LogP contribution in [0.4, 0.5) is 0 Å². The second-order valence-corrected chi connectivity index (χ2v) is 21.3. The Morgan fingerprint density at radius 2 is 1.66 bits per heavy atom. The third kappa shape index (κ3) is 11.3. The highest BCUT2D eigenvalue weighted by atomic mass is 35.5.